The number of aryl methyl sites for hydroxylation is 1. The van der Waals surface area contributed by atoms with Crippen molar-refractivity contribution in [1.82, 2.24) is 0 Å². The summed E-state index contributed by atoms with van der Waals surface area (Å²) in [4.78, 5) is 2.53. The standard InChI is InChI=1S/C58H51N/c1-4-18-55-51(35-29-41-19-8-5-9-20-41)52-37-33-48(40-56(52)58(55,44-23-10-6-11-24-44)45-25-12-7-13-26-45)59(47-31-30-42-21-14-15-22-43(42)39-47)46-32-36-50-49-27-16-17-28-53(49)57(2,3)54(50)38-34-46/h4,6-8,10-14,16-21,23-37,39-40H,5,9,15,22,38H2,1-3H3/b18-4-,35-29+. The second kappa shape index (κ2) is 15.1. The third-order valence-electron chi connectivity index (χ3n) is 13.3. The summed E-state index contributed by atoms with van der Waals surface area (Å²) in [6.07, 6.45) is 33.2. The first-order valence-corrected chi connectivity index (χ1v) is 21.5. The Hall–Kier alpha value is -6.44. The summed E-state index contributed by atoms with van der Waals surface area (Å²) in [6, 6.07) is 45.7. The lowest BCUT2D eigenvalue weighted by Crippen LogP contribution is -2.29. The molecule has 0 atom stereocenters. The van der Waals surface area contributed by atoms with Crippen LogP contribution in [0.2, 0.25) is 0 Å². The van der Waals surface area contributed by atoms with Crippen LogP contribution in [0.25, 0.3) is 17.2 Å². The molecule has 0 aromatic heterocycles. The van der Waals surface area contributed by atoms with Crippen LogP contribution in [-0.2, 0) is 17.3 Å². The fourth-order valence-electron chi connectivity index (χ4n) is 10.5. The number of anilines is 2. The highest BCUT2D eigenvalue weighted by Crippen LogP contribution is 2.57. The predicted molar refractivity (Wildman–Crippen MR) is 251 cm³/mol. The monoisotopic (exact) mass is 761 g/mol. The molecule has 0 aliphatic heterocycles. The van der Waals surface area contributed by atoms with Crippen LogP contribution in [0.15, 0.2) is 211 Å². The van der Waals surface area contributed by atoms with E-state index in [0.717, 1.165) is 37.8 Å². The molecule has 0 spiro atoms. The van der Waals surface area contributed by atoms with E-state index in [-0.39, 0.29) is 5.41 Å². The largest absolute Gasteiger partial charge is 0.311 e. The quantitative estimate of drug-likeness (QED) is 0.152. The summed E-state index contributed by atoms with van der Waals surface area (Å²) in [6.45, 7) is 6.94. The highest BCUT2D eigenvalue weighted by molar-refractivity contribution is 5.94. The third-order valence-corrected chi connectivity index (χ3v) is 13.3. The van der Waals surface area contributed by atoms with Crippen molar-refractivity contribution in [1.29, 1.82) is 0 Å². The van der Waals surface area contributed by atoms with E-state index in [2.05, 4.69) is 220 Å². The minimum atomic E-state index is -0.548. The molecule has 288 valence electrons. The molecule has 5 aliphatic rings. The molecular weight excluding hydrogens is 711 g/mol. The maximum Gasteiger partial charge on any atom is 0.0714 e. The van der Waals surface area contributed by atoms with E-state index in [0.29, 0.717) is 0 Å². The molecule has 0 unspecified atom stereocenters. The fraction of sp³-hybridized carbons (Fsp3) is 0.172. The van der Waals surface area contributed by atoms with Crippen LogP contribution in [0.1, 0.15) is 91.0 Å². The molecule has 5 aromatic carbocycles. The lowest BCUT2D eigenvalue weighted by atomic mass is 9.66. The van der Waals surface area contributed by atoms with Crippen molar-refractivity contribution < 1.29 is 0 Å². The Labute approximate surface area is 350 Å². The molecule has 0 radical (unpaired) electrons. The Morgan fingerprint density at radius 1 is 0.593 bits per heavy atom. The summed E-state index contributed by atoms with van der Waals surface area (Å²) >= 11 is 0. The average molecular weight is 762 g/mol. The number of nitrogens with zero attached hydrogens (tertiary/aromatic N) is 1. The minimum absolute atomic E-state index is 0.0357. The summed E-state index contributed by atoms with van der Waals surface area (Å²) in [5, 5.41) is 0. The van der Waals surface area contributed by atoms with Gasteiger partial charge >= 0.3 is 0 Å². The predicted octanol–water partition coefficient (Wildman–Crippen LogP) is 14.9. The van der Waals surface area contributed by atoms with Gasteiger partial charge in [0.1, 0.15) is 0 Å². The van der Waals surface area contributed by atoms with Gasteiger partial charge in [0.15, 0.2) is 0 Å². The number of benzene rings is 5. The highest BCUT2D eigenvalue weighted by atomic mass is 15.1. The van der Waals surface area contributed by atoms with Gasteiger partial charge in [0.25, 0.3) is 0 Å². The Balaban J connectivity index is 1.20. The van der Waals surface area contributed by atoms with E-state index >= 15 is 0 Å². The van der Waals surface area contributed by atoms with Crippen molar-refractivity contribution in [3.63, 3.8) is 0 Å². The Morgan fingerprint density at radius 2 is 1.32 bits per heavy atom. The van der Waals surface area contributed by atoms with Crippen molar-refractivity contribution in [2.75, 3.05) is 4.90 Å². The van der Waals surface area contributed by atoms with E-state index in [9.17, 15) is 0 Å². The molecule has 0 bridgehead atoms. The molecule has 1 heteroatoms. The minimum Gasteiger partial charge on any atom is -0.311 e. The molecule has 0 N–H and O–H groups in total. The zero-order valence-electron chi connectivity index (χ0n) is 34.5. The molecule has 0 amide bonds. The normalized spacial score (nSPS) is 18.4. The van der Waals surface area contributed by atoms with Gasteiger partial charge < -0.3 is 4.90 Å². The smallest absolute Gasteiger partial charge is 0.0714 e. The number of fused-ring (bicyclic) bond motifs is 4. The first kappa shape index (κ1) is 36.9. The molecule has 1 nitrogen and oxygen atoms in total. The number of hydrogen-bond acceptors (Lipinski definition) is 1. The number of hydrogen-bond donors (Lipinski definition) is 0. The molecule has 0 saturated carbocycles. The summed E-state index contributed by atoms with van der Waals surface area (Å²) < 4.78 is 0. The van der Waals surface area contributed by atoms with E-state index < -0.39 is 5.41 Å². The van der Waals surface area contributed by atoms with Crippen molar-refractivity contribution in [2.24, 2.45) is 0 Å². The molecular formula is C58H51N. The van der Waals surface area contributed by atoms with Crippen LogP contribution in [0.5, 0.6) is 0 Å². The van der Waals surface area contributed by atoms with Gasteiger partial charge in [-0.3, -0.25) is 0 Å². The van der Waals surface area contributed by atoms with Gasteiger partial charge in [-0.05, 0) is 142 Å². The number of rotatable bonds is 8. The first-order valence-electron chi connectivity index (χ1n) is 21.5. The van der Waals surface area contributed by atoms with Crippen LogP contribution >= 0.6 is 0 Å². The lowest BCUT2D eigenvalue weighted by molar-refractivity contribution is 0.625. The van der Waals surface area contributed by atoms with Crippen LogP contribution in [0.4, 0.5) is 11.4 Å². The molecule has 59 heavy (non-hydrogen) atoms. The van der Waals surface area contributed by atoms with Crippen LogP contribution < -0.4 is 4.90 Å². The summed E-state index contributed by atoms with van der Waals surface area (Å²) in [5.41, 5.74) is 20.3. The summed E-state index contributed by atoms with van der Waals surface area (Å²) in [7, 11) is 0. The van der Waals surface area contributed by atoms with Gasteiger partial charge in [-0.25, -0.2) is 0 Å². The second-order valence-corrected chi connectivity index (χ2v) is 16.9. The zero-order chi connectivity index (χ0) is 40.0. The van der Waals surface area contributed by atoms with E-state index in [1.54, 1.807) is 0 Å². The highest BCUT2D eigenvalue weighted by Gasteiger charge is 2.47. The van der Waals surface area contributed by atoms with Gasteiger partial charge in [0.2, 0.25) is 0 Å². The molecule has 0 fully saturated rings. The van der Waals surface area contributed by atoms with Crippen molar-refractivity contribution in [2.45, 2.75) is 63.7 Å². The topological polar surface area (TPSA) is 3.24 Å². The molecule has 5 aliphatic carbocycles. The number of allylic oxidation sites excluding steroid dienone is 16. The summed E-state index contributed by atoms with van der Waals surface area (Å²) in [5.74, 6) is 0. The maximum atomic E-state index is 2.53. The van der Waals surface area contributed by atoms with E-state index in [1.807, 2.05) is 0 Å². The lowest BCUT2D eigenvalue weighted by Gasteiger charge is -2.36. The average Bonchev–Trinajstić information content (AvgIpc) is 3.53. The Bertz CT molecular complexity index is 2710. The van der Waals surface area contributed by atoms with Crippen molar-refractivity contribution in [3.8, 4) is 0 Å². The first-order chi connectivity index (χ1) is 29.0. The fourth-order valence-corrected chi connectivity index (χ4v) is 10.5. The van der Waals surface area contributed by atoms with E-state index in [1.165, 1.54) is 83.8 Å². The Kier molecular flexibility index (Phi) is 9.41. The van der Waals surface area contributed by atoms with Gasteiger partial charge in [0, 0.05) is 22.5 Å². The van der Waals surface area contributed by atoms with Crippen molar-refractivity contribution in [3.05, 3.63) is 255 Å². The van der Waals surface area contributed by atoms with Crippen LogP contribution in [0.3, 0.4) is 0 Å². The van der Waals surface area contributed by atoms with E-state index in [4.69, 9.17) is 0 Å². The van der Waals surface area contributed by atoms with Gasteiger partial charge in [-0.1, -0.05) is 178 Å². The molecule has 0 saturated heterocycles. The van der Waals surface area contributed by atoms with Gasteiger partial charge in [-0.15, -0.1) is 0 Å². The SMILES string of the molecule is C/C=C\C1=C(/C=C/C2=CCCC=C2)c2ccc(N(C3=CCC4=C(C=C3)c3ccccc3C4(C)C)c3ccc4c(c3)CCC=C4)cc2C1(c1ccccc1)c1ccccc1. The van der Waals surface area contributed by atoms with Crippen LogP contribution in [0, 0.1) is 0 Å². The zero-order valence-corrected chi connectivity index (χ0v) is 34.5. The maximum absolute atomic E-state index is 2.53. The van der Waals surface area contributed by atoms with Gasteiger partial charge in [0.05, 0.1) is 5.41 Å². The molecule has 10 rings (SSSR count). The second-order valence-electron chi connectivity index (χ2n) is 16.9. The van der Waals surface area contributed by atoms with Gasteiger partial charge in [-0.2, -0.15) is 0 Å². The van der Waals surface area contributed by atoms with Crippen LogP contribution in [-0.4, -0.2) is 0 Å². The van der Waals surface area contributed by atoms with Crippen molar-refractivity contribution >= 4 is 28.6 Å². The molecule has 5 aromatic rings. The Morgan fingerprint density at radius 3 is 2.08 bits per heavy atom. The third kappa shape index (κ3) is 6.14. The molecule has 0 heterocycles.